The van der Waals surface area contributed by atoms with Crippen LogP contribution in [0.25, 0.3) is 0 Å². The first-order chi connectivity index (χ1) is 6.25. The first-order valence-electron chi connectivity index (χ1n) is 4.70. The molecule has 0 saturated carbocycles. The molecule has 0 rings (SSSR count). The van der Waals surface area contributed by atoms with Crippen molar-refractivity contribution in [2.24, 2.45) is 5.73 Å². The summed E-state index contributed by atoms with van der Waals surface area (Å²) >= 11 is 0. The van der Waals surface area contributed by atoms with Gasteiger partial charge >= 0.3 is 0 Å². The largest absolute Gasteiger partial charge is 0.329 e. The van der Waals surface area contributed by atoms with E-state index < -0.39 is 15.7 Å². The Morgan fingerprint density at radius 1 is 1.43 bits per heavy atom. The molecule has 0 aliphatic rings. The number of nitrogens with one attached hydrogen (secondary N) is 1. The fourth-order valence-corrected chi connectivity index (χ4v) is 2.26. The van der Waals surface area contributed by atoms with Crippen molar-refractivity contribution >= 4 is 10.2 Å². The molecule has 3 N–H and O–H groups in total. The van der Waals surface area contributed by atoms with E-state index in [0.717, 1.165) is 6.42 Å². The quantitative estimate of drug-likeness (QED) is 0.660. The zero-order valence-electron chi connectivity index (χ0n) is 9.37. The van der Waals surface area contributed by atoms with Gasteiger partial charge in [-0.3, -0.25) is 0 Å². The van der Waals surface area contributed by atoms with Crippen molar-refractivity contribution < 1.29 is 8.42 Å². The van der Waals surface area contributed by atoms with E-state index >= 15 is 0 Å². The average Bonchev–Trinajstić information content (AvgIpc) is 2.03. The molecule has 86 valence electrons. The van der Waals surface area contributed by atoms with E-state index in [-0.39, 0.29) is 6.54 Å². The van der Waals surface area contributed by atoms with E-state index in [2.05, 4.69) is 4.72 Å². The lowest BCUT2D eigenvalue weighted by Crippen LogP contribution is -2.53. The van der Waals surface area contributed by atoms with E-state index in [1.165, 1.54) is 4.31 Å². The van der Waals surface area contributed by atoms with Crippen LogP contribution in [0.4, 0.5) is 0 Å². The van der Waals surface area contributed by atoms with Gasteiger partial charge in [0.15, 0.2) is 0 Å². The molecular formula is C8H21N3O2S. The predicted octanol–water partition coefficient (Wildman–Crippen LogP) is -0.100. The molecule has 0 radical (unpaired) electrons. The van der Waals surface area contributed by atoms with Crippen molar-refractivity contribution in [1.29, 1.82) is 0 Å². The van der Waals surface area contributed by atoms with Crippen LogP contribution in [0.1, 0.15) is 27.2 Å². The summed E-state index contributed by atoms with van der Waals surface area (Å²) in [7, 11) is -1.83. The van der Waals surface area contributed by atoms with Gasteiger partial charge < -0.3 is 5.73 Å². The van der Waals surface area contributed by atoms with E-state index in [4.69, 9.17) is 5.73 Å². The summed E-state index contributed by atoms with van der Waals surface area (Å²) in [4.78, 5) is 0. The summed E-state index contributed by atoms with van der Waals surface area (Å²) in [6.45, 7) is 6.22. The third kappa shape index (κ3) is 4.36. The lowest BCUT2D eigenvalue weighted by molar-refractivity contribution is 0.411. The topological polar surface area (TPSA) is 75.4 Å². The first kappa shape index (κ1) is 13.8. The molecule has 0 fully saturated rings. The molecule has 0 aromatic rings. The van der Waals surface area contributed by atoms with Crippen molar-refractivity contribution in [3.63, 3.8) is 0 Å². The highest BCUT2D eigenvalue weighted by Gasteiger charge is 2.25. The highest BCUT2D eigenvalue weighted by molar-refractivity contribution is 7.87. The summed E-state index contributed by atoms with van der Waals surface area (Å²) < 4.78 is 27.1. The smallest absolute Gasteiger partial charge is 0.279 e. The Hall–Kier alpha value is -0.170. The standard InChI is InChI=1S/C8H21N3O2S/c1-5-6-11(4)14(12,13)10-8(2,3)7-9/h10H,5-7,9H2,1-4H3. The Labute approximate surface area is 86.8 Å². The molecule has 0 amide bonds. The van der Waals surface area contributed by atoms with Crippen LogP contribution in [0.2, 0.25) is 0 Å². The third-order valence-electron chi connectivity index (χ3n) is 1.86. The molecule has 0 atom stereocenters. The van der Waals surface area contributed by atoms with Crippen molar-refractivity contribution in [2.75, 3.05) is 20.1 Å². The fourth-order valence-electron chi connectivity index (χ4n) is 0.904. The lowest BCUT2D eigenvalue weighted by Gasteiger charge is -2.27. The maximum atomic E-state index is 11.7. The lowest BCUT2D eigenvalue weighted by atomic mass is 10.1. The Morgan fingerprint density at radius 2 is 1.93 bits per heavy atom. The van der Waals surface area contributed by atoms with Crippen molar-refractivity contribution in [3.8, 4) is 0 Å². The van der Waals surface area contributed by atoms with Gasteiger partial charge in [0.05, 0.1) is 0 Å². The van der Waals surface area contributed by atoms with Crippen LogP contribution in [-0.4, -0.2) is 38.4 Å². The van der Waals surface area contributed by atoms with Crippen LogP contribution in [0.5, 0.6) is 0 Å². The predicted molar refractivity (Wildman–Crippen MR) is 58.1 cm³/mol. The average molecular weight is 223 g/mol. The molecule has 0 bridgehead atoms. The molecule has 0 aromatic heterocycles. The van der Waals surface area contributed by atoms with E-state index in [9.17, 15) is 8.42 Å². The van der Waals surface area contributed by atoms with Crippen molar-refractivity contribution in [1.82, 2.24) is 9.03 Å². The molecule has 0 heterocycles. The van der Waals surface area contributed by atoms with Gasteiger partial charge in [-0.05, 0) is 20.3 Å². The Bertz CT molecular complexity index is 262. The molecule has 6 heteroatoms. The Balaban J connectivity index is 4.49. The van der Waals surface area contributed by atoms with Crippen LogP contribution in [-0.2, 0) is 10.2 Å². The van der Waals surface area contributed by atoms with E-state index in [1.807, 2.05) is 6.92 Å². The van der Waals surface area contributed by atoms with Crippen LogP contribution in [0, 0.1) is 0 Å². The molecular weight excluding hydrogens is 202 g/mol. The van der Waals surface area contributed by atoms with Gasteiger partial charge in [0.2, 0.25) is 0 Å². The Morgan fingerprint density at radius 3 is 2.29 bits per heavy atom. The monoisotopic (exact) mass is 223 g/mol. The Kier molecular flexibility index (Phi) is 5.00. The van der Waals surface area contributed by atoms with Gasteiger partial charge in [-0.1, -0.05) is 6.92 Å². The van der Waals surface area contributed by atoms with Gasteiger partial charge in [0, 0.05) is 25.7 Å². The zero-order chi connectivity index (χ0) is 11.4. The summed E-state index contributed by atoms with van der Waals surface area (Å²) in [5, 5.41) is 0. The van der Waals surface area contributed by atoms with Gasteiger partial charge in [0.25, 0.3) is 10.2 Å². The van der Waals surface area contributed by atoms with Crippen LogP contribution < -0.4 is 10.5 Å². The van der Waals surface area contributed by atoms with Crippen LogP contribution >= 0.6 is 0 Å². The van der Waals surface area contributed by atoms with E-state index in [0.29, 0.717) is 6.54 Å². The molecule has 14 heavy (non-hydrogen) atoms. The molecule has 0 aromatic carbocycles. The molecule has 0 saturated heterocycles. The number of nitrogens with zero attached hydrogens (tertiary/aromatic N) is 1. The second-order valence-electron chi connectivity index (χ2n) is 4.02. The highest BCUT2D eigenvalue weighted by Crippen LogP contribution is 2.04. The number of nitrogens with two attached hydrogens (primary N) is 1. The van der Waals surface area contributed by atoms with Gasteiger partial charge in [-0.2, -0.15) is 17.4 Å². The highest BCUT2D eigenvalue weighted by atomic mass is 32.2. The minimum Gasteiger partial charge on any atom is -0.329 e. The summed E-state index contributed by atoms with van der Waals surface area (Å²) in [6.07, 6.45) is 0.792. The zero-order valence-corrected chi connectivity index (χ0v) is 10.2. The van der Waals surface area contributed by atoms with Crippen molar-refractivity contribution in [3.05, 3.63) is 0 Å². The summed E-state index contributed by atoms with van der Waals surface area (Å²) in [6, 6.07) is 0. The maximum Gasteiger partial charge on any atom is 0.279 e. The van der Waals surface area contributed by atoms with Crippen LogP contribution in [0.15, 0.2) is 0 Å². The number of rotatable bonds is 6. The maximum absolute atomic E-state index is 11.7. The molecule has 5 nitrogen and oxygen atoms in total. The SMILES string of the molecule is CCCN(C)S(=O)(=O)NC(C)(C)CN. The molecule has 0 aliphatic carbocycles. The normalized spacial score (nSPS) is 13.6. The van der Waals surface area contributed by atoms with E-state index in [1.54, 1.807) is 20.9 Å². The minimum absolute atomic E-state index is 0.270. The second kappa shape index (κ2) is 5.06. The van der Waals surface area contributed by atoms with Gasteiger partial charge in [-0.25, -0.2) is 0 Å². The molecule has 0 spiro atoms. The minimum atomic E-state index is -3.39. The summed E-state index contributed by atoms with van der Waals surface area (Å²) in [5.74, 6) is 0. The van der Waals surface area contributed by atoms with Crippen LogP contribution in [0.3, 0.4) is 0 Å². The number of hydrogen-bond acceptors (Lipinski definition) is 3. The first-order valence-corrected chi connectivity index (χ1v) is 6.14. The van der Waals surface area contributed by atoms with Crippen molar-refractivity contribution in [2.45, 2.75) is 32.7 Å². The third-order valence-corrected chi connectivity index (χ3v) is 3.68. The fraction of sp³-hybridized carbons (Fsp3) is 1.00. The van der Waals surface area contributed by atoms with Gasteiger partial charge in [-0.15, -0.1) is 0 Å². The molecule has 0 aliphatic heterocycles. The molecule has 0 unspecified atom stereocenters. The van der Waals surface area contributed by atoms with Gasteiger partial charge in [0.1, 0.15) is 0 Å². The summed E-state index contributed by atoms with van der Waals surface area (Å²) in [5.41, 5.74) is 4.85. The second-order valence-corrected chi connectivity index (χ2v) is 5.79. The number of hydrogen-bond donors (Lipinski definition) is 2.